The fourth-order valence-corrected chi connectivity index (χ4v) is 2.13. The first kappa shape index (κ1) is 12.3. The summed E-state index contributed by atoms with van der Waals surface area (Å²) in [6, 6.07) is 1.55. The normalized spacial score (nSPS) is 23.1. The summed E-state index contributed by atoms with van der Waals surface area (Å²) < 4.78 is 0. The quantitative estimate of drug-likeness (QED) is 0.642. The van der Waals surface area contributed by atoms with Crippen molar-refractivity contribution in [1.29, 1.82) is 0 Å². The van der Waals surface area contributed by atoms with Crippen molar-refractivity contribution in [3.8, 4) is 0 Å². The van der Waals surface area contributed by atoms with E-state index in [1.54, 1.807) is 17.9 Å². The van der Waals surface area contributed by atoms with Crippen LogP contribution in [0.1, 0.15) is 13.3 Å². The van der Waals surface area contributed by atoms with Crippen LogP contribution in [0.2, 0.25) is 0 Å². The Bertz CT molecular complexity index is 505. The third kappa shape index (κ3) is 1.99. The predicted octanol–water partition coefficient (Wildman–Crippen LogP) is 1.29. The maximum absolute atomic E-state index is 11.1. The topological polar surface area (TPSA) is 96.6 Å². The second kappa shape index (κ2) is 4.25. The lowest BCUT2D eigenvalue weighted by Crippen LogP contribution is -2.31. The van der Waals surface area contributed by atoms with Crippen LogP contribution in [0.3, 0.4) is 0 Å². The SMILES string of the molecule is CC1(C(=O)O)CCN(c2ccncc2[N+](=O)[O-])C1. The fourth-order valence-electron chi connectivity index (χ4n) is 2.13. The molecule has 1 aliphatic heterocycles. The van der Waals surface area contributed by atoms with Gasteiger partial charge in [0, 0.05) is 19.3 Å². The van der Waals surface area contributed by atoms with Gasteiger partial charge >= 0.3 is 11.7 Å². The Kier molecular flexibility index (Phi) is 2.90. The van der Waals surface area contributed by atoms with Crippen molar-refractivity contribution in [1.82, 2.24) is 4.98 Å². The van der Waals surface area contributed by atoms with Gasteiger partial charge in [-0.1, -0.05) is 0 Å². The number of hydrogen-bond donors (Lipinski definition) is 1. The Morgan fingerprint density at radius 3 is 2.94 bits per heavy atom. The van der Waals surface area contributed by atoms with Gasteiger partial charge in [0.25, 0.3) is 0 Å². The number of aromatic nitrogens is 1. The molecule has 1 saturated heterocycles. The van der Waals surface area contributed by atoms with Crippen LogP contribution in [0, 0.1) is 15.5 Å². The smallest absolute Gasteiger partial charge is 0.311 e. The highest BCUT2D eigenvalue weighted by atomic mass is 16.6. The van der Waals surface area contributed by atoms with E-state index in [1.807, 2.05) is 0 Å². The van der Waals surface area contributed by atoms with Gasteiger partial charge in [0.05, 0.1) is 10.3 Å². The van der Waals surface area contributed by atoms with Gasteiger partial charge < -0.3 is 10.0 Å². The first-order chi connectivity index (χ1) is 8.44. The summed E-state index contributed by atoms with van der Waals surface area (Å²) in [6.07, 6.45) is 3.13. The maximum atomic E-state index is 11.1. The van der Waals surface area contributed by atoms with Gasteiger partial charge in [-0.25, -0.2) is 0 Å². The maximum Gasteiger partial charge on any atom is 0.311 e. The molecule has 1 N–H and O–H groups in total. The van der Waals surface area contributed by atoms with Crippen LogP contribution < -0.4 is 4.90 Å². The van der Waals surface area contributed by atoms with Crippen molar-refractivity contribution < 1.29 is 14.8 Å². The average Bonchev–Trinajstić information content (AvgIpc) is 2.73. The molecule has 96 valence electrons. The molecular formula is C11H13N3O4. The summed E-state index contributed by atoms with van der Waals surface area (Å²) in [6.45, 7) is 2.42. The molecule has 1 aromatic rings. The summed E-state index contributed by atoms with van der Waals surface area (Å²) in [5.74, 6) is -0.873. The van der Waals surface area contributed by atoms with E-state index in [9.17, 15) is 14.9 Å². The summed E-state index contributed by atoms with van der Waals surface area (Å²) in [4.78, 5) is 27.0. The first-order valence-corrected chi connectivity index (χ1v) is 5.51. The van der Waals surface area contributed by atoms with E-state index in [1.165, 1.54) is 12.4 Å². The van der Waals surface area contributed by atoms with Crippen molar-refractivity contribution in [2.45, 2.75) is 13.3 Å². The third-order valence-electron chi connectivity index (χ3n) is 3.30. The number of carboxylic acid groups (broad SMARTS) is 1. The molecular weight excluding hydrogens is 238 g/mol. The number of rotatable bonds is 3. The zero-order valence-corrected chi connectivity index (χ0v) is 9.87. The molecule has 0 saturated carbocycles. The summed E-state index contributed by atoms with van der Waals surface area (Å²) in [5.41, 5.74) is -0.510. The summed E-state index contributed by atoms with van der Waals surface area (Å²) in [5, 5.41) is 20.0. The number of hydrogen-bond acceptors (Lipinski definition) is 5. The van der Waals surface area contributed by atoms with Crippen LogP contribution in [0.15, 0.2) is 18.5 Å². The molecule has 18 heavy (non-hydrogen) atoms. The molecule has 1 aromatic heterocycles. The largest absolute Gasteiger partial charge is 0.481 e. The van der Waals surface area contributed by atoms with E-state index in [-0.39, 0.29) is 12.2 Å². The van der Waals surface area contributed by atoms with Gasteiger partial charge in [-0.15, -0.1) is 0 Å². The second-order valence-electron chi connectivity index (χ2n) is 4.66. The van der Waals surface area contributed by atoms with Crippen LogP contribution in [0.4, 0.5) is 11.4 Å². The molecule has 0 bridgehead atoms. The number of carboxylic acids is 1. The van der Waals surface area contributed by atoms with Gasteiger partial charge in [-0.3, -0.25) is 19.9 Å². The van der Waals surface area contributed by atoms with Crippen molar-refractivity contribution in [2.24, 2.45) is 5.41 Å². The summed E-state index contributed by atoms with van der Waals surface area (Å²) in [7, 11) is 0. The molecule has 1 atom stereocenters. The van der Waals surface area contributed by atoms with Crippen LogP contribution in [-0.2, 0) is 4.79 Å². The predicted molar refractivity (Wildman–Crippen MR) is 63.5 cm³/mol. The van der Waals surface area contributed by atoms with Crippen molar-refractivity contribution in [3.63, 3.8) is 0 Å². The Labute approximate surface area is 103 Å². The molecule has 0 radical (unpaired) electrons. The lowest BCUT2D eigenvalue weighted by molar-refractivity contribution is -0.384. The minimum Gasteiger partial charge on any atom is -0.481 e. The highest BCUT2D eigenvalue weighted by Crippen LogP contribution is 2.36. The van der Waals surface area contributed by atoms with E-state index in [2.05, 4.69) is 4.98 Å². The Balaban J connectivity index is 2.30. The molecule has 2 rings (SSSR count). The minimum absolute atomic E-state index is 0.0906. The molecule has 0 aromatic carbocycles. The van der Waals surface area contributed by atoms with E-state index >= 15 is 0 Å². The monoisotopic (exact) mass is 251 g/mol. The number of nitrogens with zero attached hydrogens (tertiary/aromatic N) is 3. The Hall–Kier alpha value is -2.18. The van der Waals surface area contributed by atoms with Gasteiger partial charge in [-0.05, 0) is 19.4 Å². The molecule has 1 fully saturated rings. The van der Waals surface area contributed by atoms with Gasteiger partial charge in [0.2, 0.25) is 0 Å². The van der Waals surface area contributed by atoms with E-state index in [4.69, 9.17) is 5.11 Å². The zero-order chi connectivity index (χ0) is 13.3. The van der Waals surface area contributed by atoms with Crippen LogP contribution in [0.5, 0.6) is 0 Å². The molecule has 7 nitrogen and oxygen atoms in total. The van der Waals surface area contributed by atoms with E-state index in [0.717, 1.165) is 0 Å². The number of carbonyl (C=O) groups is 1. The number of pyridine rings is 1. The van der Waals surface area contributed by atoms with Crippen LogP contribution in [-0.4, -0.2) is 34.1 Å². The minimum atomic E-state index is -0.873. The lowest BCUT2D eigenvalue weighted by Gasteiger charge is -2.21. The summed E-state index contributed by atoms with van der Waals surface area (Å²) >= 11 is 0. The Morgan fingerprint density at radius 1 is 1.67 bits per heavy atom. The van der Waals surface area contributed by atoms with Gasteiger partial charge in [0.15, 0.2) is 0 Å². The number of anilines is 1. The van der Waals surface area contributed by atoms with Crippen molar-refractivity contribution >= 4 is 17.3 Å². The first-order valence-electron chi connectivity index (χ1n) is 5.51. The third-order valence-corrected chi connectivity index (χ3v) is 3.30. The zero-order valence-electron chi connectivity index (χ0n) is 9.87. The number of nitro groups is 1. The van der Waals surface area contributed by atoms with Crippen LogP contribution >= 0.6 is 0 Å². The molecule has 1 aliphatic rings. The second-order valence-corrected chi connectivity index (χ2v) is 4.66. The highest BCUT2D eigenvalue weighted by molar-refractivity contribution is 5.77. The van der Waals surface area contributed by atoms with Gasteiger partial charge in [0.1, 0.15) is 11.9 Å². The standard InChI is InChI=1S/C11H13N3O4/c1-11(10(15)16)3-5-13(7-11)8-2-4-12-6-9(8)14(17)18/h2,4,6H,3,5,7H2,1H3,(H,15,16). The fraction of sp³-hybridized carbons (Fsp3) is 0.455. The molecule has 2 heterocycles. The van der Waals surface area contributed by atoms with Crippen molar-refractivity contribution in [3.05, 3.63) is 28.6 Å². The lowest BCUT2D eigenvalue weighted by atomic mass is 9.90. The number of aliphatic carboxylic acids is 1. The van der Waals surface area contributed by atoms with E-state index < -0.39 is 16.3 Å². The molecule has 0 aliphatic carbocycles. The molecule has 7 heteroatoms. The molecule has 0 spiro atoms. The molecule has 1 unspecified atom stereocenters. The van der Waals surface area contributed by atoms with E-state index in [0.29, 0.717) is 18.7 Å². The average molecular weight is 251 g/mol. The van der Waals surface area contributed by atoms with Gasteiger partial charge in [-0.2, -0.15) is 0 Å². The molecule has 0 amide bonds. The van der Waals surface area contributed by atoms with Crippen molar-refractivity contribution in [2.75, 3.05) is 18.0 Å². The highest BCUT2D eigenvalue weighted by Gasteiger charge is 2.41. The van der Waals surface area contributed by atoms with Crippen LogP contribution in [0.25, 0.3) is 0 Å². The Morgan fingerprint density at radius 2 is 2.39 bits per heavy atom.